The van der Waals surface area contributed by atoms with Gasteiger partial charge in [0.15, 0.2) is 0 Å². The Bertz CT molecular complexity index is 1680. The van der Waals surface area contributed by atoms with Crippen molar-refractivity contribution in [1.82, 2.24) is 30.7 Å². The molecule has 1 unspecified atom stereocenters. The number of likely N-dealkylation sites (N-methyl/N-ethyl adjacent to an activating group) is 1. The molecular weight excluding hydrogens is 730 g/mol. The van der Waals surface area contributed by atoms with Crippen LogP contribution in [-0.4, -0.2) is 119 Å². The Kier molecular flexibility index (Phi) is 14.2. The Morgan fingerprint density at radius 3 is 2.30 bits per heavy atom. The average Bonchev–Trinajstić information content (AvgIpc) is 3.81. The van der Waals surface area contributed by atoms with Gasteiger partial charge in [0, 0.05) is 32.6 Å². The van der Waals surface area contributed by atoms with Crippen molar-refractivity contribution in [2.75, 3.05) is 26.7 Å². The first kappa shape index (κ1) is 42.3. The fourth-order valence-electron chi connectivity index (χ4n) is 8.30. The second-order valence-corrected chi connectivity index (χ2v) is 15.6. The number of halogens is 2. The minimum Gasteiger partial charge on any atom is -0.461 e. The Morgan fingerprint density at radius 1 is 0.929 bits per heavy atom. The standard InChI is InChI=1S/C40H54F2N6O8/c1-5-31-36(51)43-24(3)37(52)48-21-23(2)16-33(48)40(55)56-22-30(38(53)47-15-9-12-32(47)39(54)46(31)4)45-35(50)29(19-26-17-27(41)20-28(42)18-26)44-34(49)14-13-25-10-7-6-8-11-25/h13-14,17-18,20,23-25,29-33H,5-12,15-16,19,21-22H2,1-4H3,(H,43,51)(H,44,49)(H,45,50)/b14-13+/t23-,24+,29+,30+,31?,32+,33+/m1/s1. The van der Waals surface area contributed by atoms with Crippen molar-refractivity contribution >= 4 is 41.4 Å². The summed E-state index contributed by atoms with van der Waals surface area (Å²) in [5, 5.41) is 7.91. The fourth-order valence-corrected chi connectivity index (χ4v) is 8.30. The minimum absolute atomic E-state index is 0.0621. The van der Waals surface area contributed by atoms with Crippen LogP contribution < -0.4 is 16.0 Å². The Labute approximate surface area is 326 Å². The third-order valence-corrected chi connectivity index (χ3v) is 11.3. The van der Waals surface area contributed by atoms with E-state index in [1.807, 2.05) is 6.92 Å². The van der Waals surface area contributed by atoms with Gasteiger partial charge in [-0.1, -0.05) is 39.2 Å². The van der Waals surface area contributed by atoms with Gasteiger partial charge in [-0.2, -0.15) is 0 Å². The van der Waals surface area contributed by atoms with Crippen molar-refractivity contribution in [2.24, 2.45) is 11.8 Å². The largest absolute Gasteiger partial charge is 0.461 e. The summed E-state index contributed by atoms with van der Waals surface area (Å²) in [6.07, 6.45) is 8.95. The zero-order chi connectivity index (χ0) is 40.7. The predicted molar refractivity (Wildman–Crippen MR) is 199 cm³/mol. The van der Waals surface area contributed by atoms with E-state index in [-0.39, 0.29) is 56.2 Å². The van der Waals surface area contributed by atoms with E-state index in [2.05, 4.69) is 16.0 Å². The monoisotopic (exact) mass is 784 g/mol. The lowest BCUT2D eigenvalue weighted by Crippen LogP contribution is -2.60. The van der Waals surface area contributed by atoms with Gasteiger partial charge < -0.3 is 35.4 Å². The molecule has 4 fully saturated rings. The lowest BCUT2D eigenvalue weighted by Gasteiger charge is -2.35. The number of carbonyl (C=O) groups is 7. The number of hydrogen-bond acceptors (Lipinski definition) is 8. The number of rotatable bonds is 8. The molecule has 5 rings (SSSR count). The van der Waals surface area contributed by atoms with E-state index in [1.165, 1.54) is 34.7 Å². The molecule has 0 radical (unpaired) electrons. The van der Waals surface area contributed by atoms with Gasteiger partial charge in [-0.05, 0) is 81.1 Å². The molecule has 1 aliphatic carbocycles. The number of cyclic esters (lactones) is 1. The van der Waals surface area contributed by atoms with Crippen LogP contribution >= 0.6 is 0 Å². The lowest BCUT2D eigenvalue weighted by molar-refractivity contribution is -0.158. The molecule has 4 aliphatic rings. The van der Waals surface area contributed by atoms with Crippen LogP contribution in [0.2, 0.25) is 0 Å². The van der Waals surface area contributed by atoms with Gasteiger partial charge in [0.2, 0.25) is 35.4 Å². The van der Waals surface area contributed by atoms with E-state index in [9.17, 15) is 42.3 Å². The van der Waals surface area contributed by atoms with Crippen LogP contribution in [0.25, 0.3) is 0 Å². The number of benzene rings is 1. The van der Waals surface area contributed by atoms with Crippen molar-refractivity contribution < 1.29 is 47.1 Å². The summed E-state index contributed by atoms with van der Waals surface area (Å²) in [6.45, 7) is 4.74. The van der Waals surface area contributed by atoms with Crippen LogP contribution in [0, 0.1) is 23.5 Å². The zero-order valence-corrected chi connectivity index (χ0v) is 32.6. The molecule has 3 aliphatic heterocycles. The van der Waals surface area contributed by atoms with Crippen molar-refractivity contribution in [3.63, 3.8) is 0 Å². The first-order chi connectivity index (χ1) is 26.7. The Morgan fingerprint density at radius 2 is 1.62 bits per heavy atom. The van der Waals surface area contributed by atoms with Crippen LogP contribution in [0.5, 0.6) is 0 Å². The molecule has 306 valence electrons. The van der Waals surface area contributed by atoms with Gasteiger partial charge in [-0.3, -0.25) is 28.8 Å². The van der Waals surface area contributed by atoms with Crippen LogP contribution in [0.15, 0.2) is 30.4 Å². The molecular formula is C40H54F2N6O8. The molecule has 0 spiro atoms. The molecule has 1 saturated carbocycles. The smallest absolute Gasteiger partial charge is 0.328 e. The number of allylic oxidation sites excluding steroid dienone is 1. The molecule has 3 heterocycles. The van der Waals surface area contributed by atoms with Gasteiger partial charge in [-0.15, -0.1) is 0 Å². The van der Waals surface area contributed by atoms with Crippen LogP contribution in [0.1, 0.15) is 84.1 Å². The minimum atomic E-state index is -1.56. The van der Waals surface area contributed by atoms with Crippen molar-refractivity contribution in [3.8, 4) is 0 Å². The number of amides is 6. The molecule has 3 N–H and O–H groups in total. The number of fused-ring (bicyclic) bond motifs is 2. The molecule has 3 saturated heterocycles. The molecule has 56 heavy (non-hydrogen) atoms. The summed E-state index contributed by atoms with van der Waals surface area (Å²) in [4.78, 5) is 100. The molecule has 0 aromatic heterocycles. The molecule has 1 aromatic carbocycles. The van der Waals surface area contributed by atoms with E-state index in [0.29, 0.717) is 12.5 Å². The van der Waals surface area contributed by atoms with Crippen molar-refractivity contribution in [1.29, 1.82) is 0 Å². The highest BCUT2D eigenvalue weighted by atomic mass is 19.1. The number of hydrogen-bond donors (Lipinski definition) is 3. The van der Waals surface area contributed by atoms with Gasteiger partial charge in [0.1, 0.15) is 54.5 Å². The summed E-state index contributed by atoms with van der Waals surface area (Å²) in [5.74, 6) is -6.39. The van der Waals surface area contributed by atoms with Crippen LogP contribution in [0.4, 0.5) is 8.78 Å². The summed E-state index contributed by atoms with van der Waals surface area (Å²) in [6, 6.07) is -4.30. The van der Waals surface area contributed by atoms with Crippen LogP contribution in [0.3, 0.4) is 0 Å². The number of nitrogens with zero attached hydrogens (tertiary/aromatic N) is 3. The highest BCUT2D eigenvalue weighted by Gasteiger charge is 2.45. The topological polar surface area (TPSA) is 175 Å². The third kappa shape index (κ3) is 10.3. The Hall–Kier alpha value is -4.89. The van der Waals surface area contributed by atoms with E-state index < -0.39 is 95.9 Å². The van der Waals surface area contributed by atoms with Gasteiger partial charge in [0.05, 0.1) is 0 Å². The SMILES string of the molecule is CCC1C(=O)N[C@@H](C)C(=O)N2C[C@H](C)C[C@H]2C(=O)OC[C@H](NC(=O)[C@H](Cc2cc(F)cc(F)c2)NC(=O)/C=C/C2CCCCC2)C(=O)N2CCC[C@H]2C(=O)N1C. The predicted octanol–water partition coefficient (Wildman–Crippen LogP) is 2.14. The quantitative estimate of drug-likeness (QED) is 0.266. The normalized spacial score (nSPS) is 27.8. The first-order valence-electron chi connectivity index (χ1n) is 19.7. The van der Waals surface area contributed by atoms with E-state index in [4.69, 9.17) is 4.74 Å². The zero-order valence-electron chi connectivity index (χ0n) is 32.6. The molecule has 0 bridgehead atoms. The van der Waals surface area contributed by atoms with E-state index >= 15 is 0 Å². The summed E-state index contributed by atoms with van der Waals surface area (Å²) >= 11 is 0. The maximum absolute atomic E-state index is 14.4. The molecule has 16 heteroatoms. The number of esters is 1. The van der Waals surface area contributed by atoms with Gasteiger partial charge >= 0.3 is 5.97 Å². The number of carbonyl (C=O) groups excluding carboxylic acids is 7. The fraction of sp³-hybridized carbons (Fsp3) is 0.625. The first-order valence-corrected chi connectivity index (χ1v) is 19.7. The number of ether oxygens (including phenoxy) is 1. The molecule has 7 atom stereocenters. The van der Waals surface area contributed by atoms with Gasteiger partial charge in [-0.25, -0.2) is 13.6 Å². The van der Waals surface area contributed by atoms with E-state index in [1.54, 1.807) is 13.0 Å². The number of nitrogens with one attached hydrogen (secondary N) is 3. The molecule has 6 amide bonds. The lowest BCUT2D eigenvalue weighted by atomic mass is 9.89. The highest BCUT2D eigenvalue weighted by Crippen LogP contribution is 2.27. The van der Waals surface area contributed by atoms with Crippen molar-refractivity contribution in [2.45, 2.75) is 121 Å². The summed E-state index contributed by atoms with van der Waals surface area (Å²) in [7, 11) is 1.46. The third-order valence-electron chi connectivity index (χ3n) is 11.3. The highest BCUT2D eigenvalue weighted by molar-refractivity contribution is 5.98. The second kappa shape index (κ2) is 18.8. The Balaban J connectivity index is 1.46. The van der Waals surface area contributed by atoms with E-state index in [0.717, 1.165) is 44.2 Å². The maximum atomic E-state index is 14.4. The summed E-state index contributed by atoms with van der Waals surface area (Å²) < 4.78 is 34.2. The molecule has 14 nitrogen and oxygen atoms in total. The van der Waals surface area contributed by atoms with Gasteiger partial charge in [0.25, 0.3) is 0 Å². The average molecular weight is 785 g/mol. The molecule has 1 aromatic rings. The van der Waals surface area contributed by atoms with Crippen molar-refractivity contribution in [3.05, 3.63) is 47.5 Å². The van der Waals surface area contributed by atoms with Crippen LogP contribution in [-0.2, 0) is 44.7 Å². The maximum Gasteiger partial charge on any atom is 0.328 e. The second-order valence-electron chi connectivity index (χ2n) is 15.6. The summed E-state index contributed by atoms with van der Waals surface area (Å²) in [5.41, 5.74) is 0.0621.